The van der Waals surface area contributed by atoms with Crippen molar-refractivity contribution in [3.05, 3.63) is 53.2 Å². The van der Waals surface area contributed by atoms with Crippen LogP contribution in [0.4, 0.5) is 0 Å². The zero-order valence-corrected chi connectivity index (χ0v) is 16.2. The van der Waals surface area contributed by atoms with Crippen LogP contribution >= 0.6 is 0 Å². The number of likely N-dealkylation sites (tertiary alicyclic amines) is 1. The lowest BCUT2D eigenvalue weighted by Gasteiger charge is -2.35. The van der Waals surface area contributed by atoms with Crippen molar-refractivity contribution in [1.29, 1.82) is 0 Å². The number of carbonyl (C=O) groups excluding carboxylic acids is 1. The summed E-state index contributed by atoms with van der Waals surface area (Å²) >= 11 is 0. The summed E-state index contributed by atoms with van der Waals surface area (Å²) in [6.07, 6.45) is 5.85. The predicted molar refractivity (Wildman–Crippen MR) is 101 cm³/mol. The number of aryl methyl sites for hydroxylation is 3. The molecule has 8 nitrogen and oxygen atoms in total. The molecule has 1 atom stereocenters. The fourth-order valence-electron chi connectivity index (χ4n) is 3.72. The second kappa shape index (κ2) is 7.46. The fourth-order valence-corrected chi connectivity index (χ4v) is 3.72. The number of hydrogen-bond acceptors (Lipinski definition) is 7. The summed E-state index contributed by atoms with van der Waals surface area (Å²) in [7, 11) is 0. The fraction of sp³-hybridized carbons (Fsp3) is 0.400. The van der Waals surface area contributed by atoms with E-state index in [0.717, 1.165) is 41.9 Å². The Morgan fingerprint density at radius 2 is 2.07 bits per heavy atom. The molecule has 1 aliphatic rings. The molecule has 4 rings (SSSR count). The number of piperidine rings is 1. The highest BCUT2D eigenvalue weighted by atomic mass is 16.5. The van der Waals surface area contributed by atoms with Gasteiger partial charge in [0.1, 0.15) is 17.8 Å². The molecule has 28 heavy (non-hydrogen) atoms. The molecule has 3 aromatic heterocycles. The summed E-state index contributed by atoms with van der Waals surface area (Å²) in [5.41, 5.74) is 3.66. The van der Waals surface area contributed by atoms with E-state index in [1.165, 1.54) is 6.33 Å². The zero-order chi connectivity index (χ0) is 19.7. The Balaban J connectivity index is 1.73. The number of carbonyl (C=O) groups is 1. The van der Waals surface area contributed by atoms with Gasteiger partial charge in [0.25, 0.3) is 5.91 Å². The molecule has 0 aromatic carbocycles. The summed E-state index contributed by atoms with van der Waals surface area (Å²) in [5, 5.41) is 4.01. The smallest absolute Gasteiger partial charge is 0.273 e. The van der Waals surface area contributed by atoms with Crippen molar-refractivity contribution in [1.82, 2.24) is 30.0 Å². The molecule has 0 spiro atoms. The van der Waals surface area contributed by atoms with Crippen LogP contribution in [0.3, 0.4) is 0 Å². The molecule has 1 amide bonds. The van der Waals surface area contributed by atoms with Gasteiger partial charge in [0.15, 0.2) is 5.82 Å². The quantitative estimate of drug-likeness (QED) is 0.690. The van der Waals surface area contributed by atoms with Crippen LogP contribution in [-0.4, -0.2) is 42.4 Å². The van der Waals surface area contributed by atoms with Crippen molar-refractivity contribution in [3.63, 3.8) is 0 Å². The minimum Gasteiger partial charge on any atom is -0.361 e. The summed E-state index contributed by atoms with van der Waals surface area (Å²) in [6, 6.07) is 3.49. The van der Waals surface area contributed by atoms with Gasteiger partial charge in [-0.3, -0.25) is 4.79 Å². The first kappa shape index (κ1) is 18.2. The van der Waals surface area contributed by atoms with Crippen molar-refractivity contribution in [2.45, 2.75) is 46.1 Å². The van der Waals surface area contributed by atoms with Crippen molar-refractivity contribution in [2.24, 2.45) is 0 Å². The molecular formula is C20H22N6O2. The molecule has 0 N–H and O–H groups in total. The highest BCUT2D eigenvalue weighted by Crippen LogP contribution is 2.33. The Morgan fingerprint density at radius 1 is 1.21 bits per heavy atom. The summed E-state index contributed by atoms with van der Waals surface area (Å²) in [4.78, 5) is 32.3. The van der Waals surface area contributed by atoms with Crippen molar-refractivity contribution in [3.8, 4) is 11.4 Å². The van der Waals surface area contributed by atoms with Gasteiger partial charge in [-0.15, -0.1) is 0 Å². The standard InChI is InChI=1S/C20H22N6O2/c1-12-10-16(24-19(23-12)18-13(2)25-28-14(18)3)17-6-4-5-9-26(17)20(27)15-7-8-21-11-22-15/h7-8,10-11,17H,4-6,9H2,1-3H3/t17-/m0/s1. The maximum atomic E-state index is 13.1. The first-order chi connectivity index (χ1) is 13.5. The average Bonchev–Trinajstić information content (AvgIpc) is 3.06. The highest BCUT2D eigenvalue weighted by Gasteiger charge is 2.31. The SMILES string of the molecule is Cc1cc([C@@H]2CCCCN2C(=O)c2ccncn2)nc(-c2c(C)noc2C)n1. The lowest BCUT2D eigenvalue weighted by atomic mass is 9.98. The monoisotopic (exact) mass is 378 g/mol. The minimum absolute atomic E-state index is 0.0951. The molecule has 4 heterocycles. The molecule has 1 fully saturated rings. The molecule has 8 heteroatoms. The average molecular weight is 378 g/mol. The van der Waals surface area contributed by atoms with Gasteiger partial charge in [-0.25, -0.2) is 19.9 Å². The molecule has 0 bridgehead atoms. The van der Waals surface area contributed by atoms with Crippen molar-refractivity contribution < 1.29 is 9.32 Å². The third-order valence-electron chi connectivity index (χ3n) is 5.04. The normalized spacial score (nSPS) is 17.0. The van der Waals surface area contributed by atoms with Crippen molar-refractivity contribution >= 4 is 5.91 Å². The van der Waals surface area contributed by atoms with Crippen LogP contribution in [0.25, 0.3) is 11.4 Å². The van der Waals surface area contributed by atoms with E-state index in [9.17, 15) is 4.79 Å². The summed E-state index contributed by atoms with van der Waals surface area (Å²) in [6.45, 7) is 6.35. The van der Waals surface area contributed by atoms with Gasteiger partial charge in [-0.1, -0.05) is 5.16 Å². The van der Waals surface area contributed by atoms with Crippen LogP contribution < -0.4 is 0 Å². The maximum Gasteiger partial charge on any atom is 0.273 e. The van der Waals surface area contributed by atoms with Crippen molar-refractivity contribution in [2.75, 3.05) is 6.54 Å². The van der Waals surface area contributed by atoms with Crippen LogP contribution in [0.1, 0.15) is 58.6 Å². The van der Waals surface area contributed by atoms with Gasteiger partial charge in [0.2, 0.25) is 0 Å². The molecule has 144 valence electrons. The van der Waals surface area contributed by atoms with Gasteiger partial charge >= 0.3 is 0 Å². The predicted octanol–water partition coefficient (Wildman–Crippen LogP) is 3.21. The van der Waals surface area contributed by atoms with E-state index in [2.05, 4.69) is 20.1 Å². The van der Waals surface area contributed by atoms with Gasteiger partial charge in [-0.2, -0.15) is 0 Å². The largest absolute Gasteiger partial charge is 0.361 e. The first-order valence-corrected chi connectivity index (χ1v) is 9.40. The Morgan fingerprint density at radius 3 is 2.79 bits per heavy atom. The molecule has 0 aliphatic carbocycles. The summed E-state index contributed by atoms with van der Waals surface area (Å²) in [5.74, 6) is 1.18. The minimum atomic E-state index is -0.114. The second-order valence-corrected chi connectivity index (χ2v) is 7.06. The lowest BCUT2D eigenvalue weighted by molar-refractivity contribution is 0.0599. The molecule has 1 saturated heterocycles. The van der Waals surface area contributed by atoms with E-state index < -0.39 is 0 Å². The van der Waals surface area contributed by atoms with E-state index >= 15 is 0 Å². The van der Waals surface area contributed by atoms with Gasteiger partial charge in [-0.05, 0) is 52.2 Å². The van der Waals surface area contributed by atoms with E-state index in [1.807, 2.05) is 31.7 Å². The van der Waals surface area contributed by atoms with E-state index in [0.29, 0.717) is 23.8 Å². The molecule has 0 saturated carbocycles. The zero-order valence-electron chi connectivity index (χ0n) is 16.2. The van der Waals surface area contributed by atoms with Crippen LogP contribution in [0.5, 0.6) is 0 Å². The van der Waals surface area contributed by atoms with Gasteiger partial charge in [0.05, 0.1) is 23.0 Å². The molecule has 0 unspecified atom stereocenters. The third kappa shape index (κ3) is 3.37. The van der Waals surface area contributed by atoms with Crippen LogP contribution in [-0.2, 0) is 0 Å². The van der Waals surface area contributed by atoms with E-state index in [1.54, 1.807) is 12.3 Å². The Hall–Kier alpha value is -3.16. The topological polar surface area (TPSA) is 97.9 Å². The maximum absolute atomic E-state index is 13.1. The lowest BCUT2D eigenvalue weighted by Crippen LogP contribution is -2.39. The number of aromatic nitrogens is 5. The molecule has 0 radical (unpaired) electrons. The van der Waals surface area contributed by atoms with Crippen LogP contribution in [0, 0.1) is 20.8 Å². The van der Waals surface area contributed by atoms with Gasteiger partial charge < -0.3 is 9.42 Å². The third-order valence-corrected chi connectivity index (χ3v) is 5.04. The second-order valence-electron chi connectivity index (χ2n) is 7.06. The molecular weight excluding hydrogens is 356 g/mol. The van der Waals surface area contributed by atoms with Crippen LogP contribution in [0.2, 0.25) is 0 Å². The number of rotatable bonds is 3. The first-order valence-electron chi connectivity index (χ1n) is 9.40. The van der Waals surface area contributed by atoms with E-state index in [-0.39, 0.29) is 11.9 Å². The Labute approximate surface area is 163 Å². The Kier molecular flexibility index (Phi) is 4.85. The molecule has 3 aromatic rings. The van der Waals surface area contributed by atoms with Gasteiger partial charge in [0, 0.05) is 18.4 Å². The highest BCUT2D eigenvalue weighted by molar-refractivity contribution is 5.92. The van der Waals surface area contributed by atoms with E-state index in [4.69, 9.17) is 9.51 Å². The number of hydrogen-bond donors (Lipinski definition) is 0. The number of amides is 1. The molecule has 1 aliphatic heterocycles. The number of nitrogens with zero attached hydrogens (tertiary/aromatic N) is 6. The Bertz CT molecular complexity index is 982. The van der Waals surface area contributed by atoms with Crippen LogP contribution in [0.15, 0.2) is 29.2 Å². The summed E-state index contributed by atoms with van der Waals surface area (Å²) < 4.78 is 5.28.